The van der Waals surface area contributed by atoms with Crippen LogP contribution in [0.3, 0.4) is 0 Å². The van der Waals surface area contributed by atoms with Gasteiger partial charge in [0.1, 0.15) is 0 Å². The van der Waals surface area contributed by atoms with Gasteiger partial charge >= 0.3 is 0 Å². The van der Waals surface area contributed by atoms with Crippen molar-refractivity contribution in [1.29, 1.82) is 0 Å². The Kier molecular flexibility index (Phi) is 10.3. The first kappa shape index (κ1) is 12.1. The van der Waals surface area contributed by atoms with Crippen molar-refractivity contribution in [1.82, 2.24) is 0 Å². The van der Waals surface area contributed by atoms with Gasteiger partial charge in [-0.3, -0.25) is 0 Å². The molecule has 13 heavy (non-hydrogen) atoms. The summed E-state index contributed by atoms with van der Waals surface area (Å²) in [7, 11) is 0. The Bertz CT molecular complexity index is 209. The Balaban J connectivity index is 3.26. The molecular formula is C12H18O. The number of aliphatic hydroxyl groups is 1. The summed E-state index contributed by atoms with van der Waals surface area (Å²) in [5.74, 6) is 11.8. The zero-order valence-electron chi connectivity index (χ0n) is 8.40. The summed E-state index contributed by atoms with van der Waals surface area (Å²) in [4.78, 5) is 0. The monoisotopic (exact) mass is 178 g/mol. The molecule has 0 spiro atoms. The Hall–Kier alpha value is -0.920. The van der Waals surface area contributed by atoms with E-state index >= 15 is 0 Å². The number of rotatable bonds is 4. The molecule has 1 N–H and O–H groups in total. The summed E-state index contributed by atoms with van der Waals surface area (Å²) in [5.41, 5.74) is 0. The van der Waals surface area contributed by atoms with E-state index in [1.807, 2.05) is 0 Å². The molecule has 0 heterocycles. The van der Waals surface area contributed by atoms with Crippen LogP contribution in [0.5, 0.6) is 0 Å². The second-order valence-electron chi connectivity index (χ2n) is 2.81. The van der Waals surface area contributed by atoms with Gasteiger partial charge in [0.15, 0.2) is 0 Å². The van der Waals surface area contributed by atoms with Crippen molar-refractivity contribution in [2.24, 2.45) is 0 Å². The van der Waals surface area contributed by atoms with Crippen LogP contribution in [0.1, 0.15) is 45.4 Å². The Morgan fingerprint density at radius 1 is 0.923 bits per heavy atom. The number of unbranched alkanes of at least 4 members (excludes halogenated alkanes) is 3. The molecule has 0 radical (unpaired) electrons. The van der Waals surface area contributed by atoms with Crippen LogP contribution in [0.2, 0.25) is 0 Å². The molecule has 72 valence electrons. The molecule has 0 aromatic carbocycles. The Morgan fingerprint density at radius 2 is 1.62 bits per heavy atom. The van der Waals surface area contributed by atoms with Gasteiger partial charge in [-0.2, -0.15) is 0 Å². The predicted molar refractivity (Wildman–Crippen MR) is 56.0 cm³/mol. The van der Waals surface area contributed by atoms with E-state index < -0.39 is 0 Å². The fourth-order valence-electron chi connectivity index (χ4n) is 0.865. The Labute approximate surface area is 81.5 Å². The molecule has 0 saturated heterocycles. The van der Waals surface area contributed by atoms with Crippen molar-refractivity contribution in [3.63, 3.8) is 0 Å². The smallest absolute Gasteiger partial charge is 0.0702 e. The van der Waals surface area contributed by atoms with E-state index in [1.54, 1.807) is 0 Å². The minimum Gasteiger partial charge on any atom is -0.395 e. The van der Waals surface area contributed by atoms with Crippen molar-refractivity contribution in [2.45, 2.75) is 45.4 Å². The molecule has 0 fully saturated rings. The highest BCUT2D eigenvalue weighted by molar-refractivity contribution is 5.11. The SMILES string of the molecule is CCCCCC#CCC#CCCO. The van der Waals surface area contributed by atoms with Gasteiger partial charge in [-0.05, 0) is 6.42 Å². The molecule has 0 unspecified atom stereocenters. The molecule has 0 aliphatic rings. The third kappa shape index (κ3) is 11.1. The molecule has 0 aliphatic carbocycles. The van der Waals surface area contributed by atoms with Crippen molar-refractivity contribution in [3.8, 4) is 23.7 Å². The van der Waals surface area contributed by atoms with Gasteiger partial charge in [-0.1, -0.05) is 37.5 Å². The normalized spacial score (nSPS) is 8.15. The maximum absolute atomic E-state index is 8.43. The van der Waals surface area contributed by atoms with Gasteiger partial charge < -0.3 is 5.11 Å². The predicted octanol–water partition coefficient (Wildman–Crippen LogP) is 2.35. The molecule has 1 nitrogen and oxygen atoms in total. The van der Waals surface area contributed by atoms with E-state index in [9.17, 15) is 0 Å². The van der Waals surface area contributed by atoms with Crippen molar-refractivity contribution < 1.29 is 5.11 Å². The van der Waals surface area contributed by atoms with E-state index in [2.05, 4.69) is 30.6 Å². The van der Waals surface area contributed by atoms with Crippen molar-refractivity contribution in [3.05, 3.63) is 0 Å². The van der Waals surface area contributed by atoms with Crippen LogP contribution in [-0.2, 0) is 0 Å². The summed E-state index contributed by atoms with van der Waals surface area (Å²) >= 11 is 0. The van der Waals surface area contributed by atoms with Gasteiger partial charge in [-0.25, -0.2) is 0 Å². The number of aliphatic hydroxyl groups excluding tert-OH is 1. The van der Waals surface area contributed by atoms with Gasteiger partial charge in [0.2, 0.25) is 0 Å². The number of hydrogen-bond acceptors (Lipinski definition) is 1. The second kappa shape index (κ2) is 11.1. The van der Waals surface area contributed by atoms with Crippen LogP contribution in [0, 0.1) is 23.7 Å². The summed E-state index contributed by atoms with van der Waals surface area (Å²) in [5, 5.41) is 8.43. The van der Waals surface area contributed by atoms with E-state index in [1.165, 1.54) is 19.3 Å². The van der Waals surface area contributed by atoms with Crippen LogP contribution in [0.4, 0.5) is 0 Å². The van der Waals surface area contributed by atoms with E-state index in [0.717, 1.165) is 6.42 Å². The minimum absolute atomic E-state index is 0.150. The lowest BCUT2D eigenvalue weighted by atomic mass is 10.2. The fourth-order valence-corrected chi connectivity index (χ4v) is 0.865. The molecule has 0 atom stereocenters. The third-order valence-electron chi connectivity index (χ3n) is 1.57. The molecule has 1 heteroatoms. The molecule has 0 aromatic heterocycles. The van der Waals surface area contributed by atoms with Crippen molar-refractivity contribution >= 4 is 0 Å². The molecule has 0 bridgehead atoms. The van der Waals surface area contributed by atoms with Gasteiger partial charge in [0.05, 0.1) is 13.0 Å². The quantitative estimate of drug-likeness (QED) is 0.517. The largest absolute Gasteiger partial charge is 0.395 e. The summed E-state index contributed by atoms with van der Waals surface area (Å²) < 4.78 is 0. The molecular weight excluding hydrogens is 160 g/mol. The van der Waals surface area contributed by atoms with E-state index in [4.69, 9.17) is 5.11 Å². The first-order valence-corrected chi connectivity index (χ1v) is 4.94. The van der Waals surface area contributed by atoms with Crippen LogP contribution < -0.4 is 0 Å². The zero-order valence-corrected chi connectivity index (χ0v) is 8.40. The zero-order chi connectivity index (χ0) is 9.78. The first-order chi connectivity index (χ1) is 6.41. The molecule has 0 rings (SSSR count). The lowest BCUT2D eigenvalue weighted by Crippen LogP contribution is -1.75. The Morgan fingerprint density at radius 3 is 2.23 bits per heavy atom. The van der Waals surface area contributed by atoms with Gasteiger partial charge in [-0.15, -0.1) is 5.92 Å². The lowest BCUT2D eigenvalue weighted by molar-refractivity contribution is 0.305. The van der Waals surface area contributed by atoms with Gasteiger partial charge in [0, 0.05) is 12.8 Å². The van der Waals surface area contributed by atoms with Crippen LogP contribution in [-0.4, -0.2) is 11.7 Å². The highest BCUT2D eigenvalue weighted by atomic mass is 16.2. The van der Waals surface area contributed by atoms with Crippen molar-refractivity contribution in [2.75, 3.05) is 6.61 Å². The van der Waals surface area contributed by atoms with E-state index in [-0.39, 0.29) is 6.61 Å². The maximum atomic E-state index is 8.43. The standard InChI is InChI=1S/C12H18O/c1-2-3-4-5-6-7-8-9-10-11-12-13/h13H,2-5,8,11-12H2,1H3. The molecule has 0 saturated carbocycles. The highest BCUT2D eigenvalue weighted by Crippen LogP contribution is 1.96. The summed E-state index contributed by atoms with van der Waals surface area (Å²) in [6.45, 7) is 2.34. The lowest BCUT2D eigenvalue weighted by Gasteiger charge is -1.87. The summed E-state index contributed by atoms with van der Waals surface area (Å²) in [6, 6.07) is 0. The maximum Gasteiger partial charge on any atom is 0.0702 e. The average molecular weight is 178 g/mol. The third-order valence-corrected chi connectivity index (χ3v) is 1.57. The van der Waals surface area contributed by atoms with E-state index in [0.29, 0.717) is 12.8 Å². The molecule has 0 aromatic rings. The summed E-state index contributed by atoms with van der Waals surface area (Å²) in [6.07, 6.45) is 5.93. The highest BCUT2D eigenvalue weighted by Gasteiger charge is 1.79. The van der Waals surface area contributed by atoms with Crippen LogP contribution in [0.15, 0.2) is 0 Å². The van der Waals surface area contributed by atoms with Gasteiger partial charge in [0.25, 0.3) is 0 Å². The first-order valence-electron chi connectivity index (χ1n) is 4.94. The van der Waals surface area contributed by atoms with Crippen LogP contribution in [0.25, 0.3) is 0 Å². The molecule has 0 amide bonds. The second-order valence-corrected chi connectivity index (χ2v) is 2.81. The topological polar surface area (TPSA) is 20.2 Å². The van der Waals surface area contributed by atoms with Crippen LogP contribution >= 0.6 is 0 Å². The average Bonchev–Trinajstić information content (AvgIpc) is 2.16. The molecule has 0 aliphatic heterocycles. The number of hydrogen-bond donors (Lipinski definition) is 1. The minimum atomic E-state index is 0.150. The fraction of sp³-hybridized carbons (Fsp3) is 0.667.